The fourth-order valence-electron chi connectivity index (χ4n) is 2.53. The van der Waals surface area contributed by atoms with E-state index in [2.05, 4.69) is 5.32 Å². The van der Waals surface area contributed by atoms with Crippen LogP contribution >= 0.6 is 0 Å². The van der Waals surface area contributed by atoms with Crippen LogP contribution in [0.2, 0.25) is 0 Å². The molecule has 1 aliphatic rings. The number of carbonyl (C=O) groups excluding carboxylic acids is 1. The monoisotopic (exact) mass is 293 g/mol. The summed E-state index contributed by atoms with van der Waals surface area (Å²) >= 11 is 0. The number of anilines is 1. The molecule has 0 aromatic heterocycles. The van der Waals surface area contributed by atoms with E-state index in [1.165, 1.54) is 12.1 Å². The summed E-state index contributed by atoms with van der Waals surface area (Å²) in [7, 11) is 1.59. The van der Waals surface area contributed by atoms with Gasteiger partial charge in [-0.25, -0.2) is 0 Å². The third-order valence-electron chi connectivity index (χ3n) is 3.86. The van der Waals surface area contributed by atoms with Gasteiger partial charge in [0.15, 0.2) is 0 Å². The molecule has 0 radical (unpaired) electrons. The molecule has 1 amide bonds. The molecule has 7 nitrogen and oxygen atoms in total. The van der Waals surface area contributed by atoms with Gasteiger partial charge in [0.2, 0.25) is 0 Å². The second-order valence-electron chi connectivity index (χ2n) is 5.32. The standard InChI is InChI=1S/C14H19N3O4/c1-9-8-16(6-5-13(9)18)14(19)10-3-4-11(15-2)12(7-10)17(20)21/h3-4,7,9,13,15,18H,5-6,8H2,1-2H3. The number of aliphatic hydroxyl groups excluding tert-OH is 1. The van der Waals surface area contributed by atoms with Gasteiger partial charge in [-0.05, 0) is 24.5 Å². The molecule has 2 atom stereocenters. The lowest BCUT2D eigenvalue weighted by Crippen LogP contribution is -2.44. The second kappa shape index (κ2) is 6.09. The van der Waals surface area contributed by atoms with Crippen molar-refractivity contribution >= 4 is 17.3 Å². The van der Waals surface area contributed by atoms with E-state index in [9.17, 15) is 20.0 Å². The summed E-state index contributed by atoms with van der Waals surface area (Å²) in [6, 6.07) is 4.41. The average Bonchev–Trinajstić information content (AvgIpc) is 2.48. The van der Waals surface area contributed by atoms with Crippen molar-refractivity contribution < 1.29 is 14.8 Å². The van der Waals surface area contributed by atoms with Crippen LogP contribution in [0.5, 0.6) is 0 Å². The first kappa shape index (κ1) is 15.2. The molecule has 1 saturated heterocycles. The SMILES string of the molecule is CNc1ccc(C(=O)N2CCC(O)C(C)C2)cc1[N+](=O)[O-]. The summed E-state index contributed by atoms with van der Waals surface area (Å²) in [4.78, 5) is 24.6. The van der Waals surface area contributed by atoms with Crippen molar-refractivity contribution in [2.75, 3.05) is 25.5 Å². The lowest BCUT2D eigenvalue weighted by Gasteiger charge is -2.34. The molecule has 0 spiro atoms. The van der Waals surface area contributed by atoms with Crippen molar-refractivity contribution in [3.63, 3.8) is 0 Å². The number of nitro benzene ring substituents is 1. The average molecular weight is 293 g/mol. The largest absolute Gasteiger partial charge is 0.393 e. The van der Waals surface area contributed by atoms with Crippen molar-refractivity contribution in [3.8, 4) is 0 Å². The molecule has 7 heteroatoms. The van der Waals surface area contributed by atoms with Crippen molar-refractivity contribution in [1.82, 2.24) is 4.90 Å². The Morgan fingerprint density at radius 1 is 1.52 bits per heavy atom. The maximum atomic E-state index is 12.4. The molecule has 2 unspecified atom stereocenters. The first-order valence-electron chi connectivity index (χ1n) is 6.87. The fourth-order valence-corrected chi connectivity index (χ4v) is 2.53. The molecule has 2 N–H and O–H groups in total. The molecule has 1 heterocycles. The van der Waals surface area contributed by atoms with Gasteiger partial charge in [0.25, 0.3) is 11.6 Å². The van der Waals surface area contributed by atoms with Crippen molar-refractivity contribution in [2.45, 2.75) is 19.4 Å². The summed E-state index contributed by atoms with van der Waals surface area (Å²) < 4.78 is 0. The van der Waals surface area contributed by atoms with E-state index in [0.29, 0.717) is 30.8 Å². The van der Waals surface area contributed by atoms with Gasteiger partial charge >= 0.3 is 0 Å². The first-order chi connectivity index (χ1) is 9.93. The predicted octanol–water partition coefficient (Wildman–Crippen LogP) is 1.48. The number of piperidine rings is 1. The van der Waals surface area contributed by atoms with E-state index in [4.69, 9.17) is 0 Å². The molecule has 1 aromatic carbocycles. The highest BCUT2D eigenvalue weighted by Crippen LogP contribution is 2.26. The number of nitrogens with zero attached hydrogens (tertiary/aromatic N) is 2. The Kier molecular flexibility index (Phi) is 4.42. The number of rotatable bonds is 3. The minimum absolute atomic E-state index is 0.00858. The van der Waals surface area contributed by atoms with Crippen LogP contribution in [0.4, 0.5) is 11.4 Å². The van der Waals surface area contributed by atoms with Crippen LogP contribution in [0.1, 0.15) is 23.7 Å². The molecule has 1 aromatic rings. The number of hydrogen-bond donors (Lipinski definition) is 2. The van der Waals surface area contributed by atoms with Crippen molar-refractivity contribution in [3.05, 3.63) is 33.9 Å². The Balaban J connectivity index is 2.23. The topological polar surface area (TPSA) is 95.7 Å². The summed E-state index contributed by atoms with van der Waals surface area (Å²) in [5, 5.41) is 23.5. The van der Waals surface area contributed by atoms with Gasteiger partial charge in [0.05, 0.1) is 11.0 Å². The summed E-state index contributed by atoms with van der Waals surface area (Å²) in [6.07, 6.45) is 0.138. The van der Waals surface area contributed by atoms with Gasteiger partial charge in [-0.15, -0.1) is 0 Å². The Hall–Kier alpha value is -2.15. The third kappa shape index (κ3) is 3.13. The number of nitro groups is 1. The van der Waals surface area contributed by atoms with Crippen molar-refractivity contribution in [2.24, 2.45) is 5.92 Å². The molecule has 1 fully saturated rings. The summed E-state index contributed by atoms with van der Waals surface area (Å²) in [6.45, 7) is 2.81. The van der Waals surface area contributed by atoms with Gasteiger partial charge in [-0.3, -0.25) is 14.9 Å². The van der Waals surface area contributed by atoms with Crippen LogP contribution in [-0.2, 0) is 0 Å². The maximum absolute atomic E-state index is 12.4. The number of amides is 1. The van der Waals surface area contributed by atoms with E-state index >= 15 is 0 Å². The maximum Gasteiger partial charge on any atom is 0.293 e. The quantitative estimate of drug-likeness (QED) is 0.650. The highest BCUT2D eigenvalue weighted by Gasteiger charge is 2.28. The van der Waals surface area contributed by atoms with Gasteiger partial charge in [0, 0.05) is 31.8 Å². The Morgan fingerprint density at radius 2 is 2.24 bits per heavy atom. The van der Waals surface area contributed by atoms with Crippen LogP contribution in [0.25, 0.3) is 0 Å². The molecular formula is C14H19N3O4. The Morgan fingerprint density at radius 3 is 2.81 bits per heavy atom. The number of carbonyl (C=O) groups is 1. The van der Waals surface area contributed by atoms with Gasteiger partial charge in [-0.1, -0.05) is 6.92 Å². The zero-order valence-electron chi connectivity index (χ0n) is 12.1. The Bertz CT molecular complexity index is 561. The lowest BCUT2D eigenvalue weighted by atomic mass is 9.96. The first-order valence-corrected chi connectivity index (χ1v) is 6.87. The zero-order chi connectivity index (χ0) is 15.6. The molecule has 2 rings (SSSR count). The minimum atomic E-state index is -0.509. The Labute approximate surface area is 122 Å². The van der Waals surface area contributed by atoms with Gasteiger partial charge in [-0.2, -0.15) is 0 Å². The van der Waals surface area contributed by atoms with Crippen LogP contribution in [0.3, 0.4) is 0 Å². The smallest absolute Gasteiger partial charge is 0.293 e. The van der Waals surface area contributed by atoms with Crippen LogP contribution in [-0.4, -0.2) is 47.1 Å². The van der Waals surface area contributed by atoms with E-state index in [1.807, 2.05) is 6.92 Å². The van der Waals surface area contributed by atoms with Gasteiger partial charge in [0.1, 0.15) is 5.69 Å². The molecule has 114 valence electrons. The van der Waals surface area contributed by atoms with E-state index in [0.717, 1.165) is 0 Å². The number of likely N-dealkylation sites (tertiary alicyclic amines) is 1. The predicted molar refractivity (Wildman–Crippen MR) is 78.3 cm³/mol. The van der Waals surface area contributed by atoms with E-state index < -0.39 is 11.0 Å². The molecule has 0 bridgehead atoms. The molecule has 1 aliphatic heterocycles. The van der Waals surface area contributed by atoms with E-state index in [1.54, 1.807) is 18.0 Å². The molecular weight excluding hydrogens is 274 g/mol. The summed E-state index contributed by atoms with van der Waals surface area (Å²) in [5.74, 6) is -0.228. The highest BCUT2D eigenvalue weighted by molar-refractivity contribution is 5.95. The number of nitrogens with one attached hydrogen (secondary N) is 1. The zero-order valence-corrected chi connectivity index (χ0v) is 12.1. The normalized spacial score (nSPS) is 22.0. The number of hydrogen-bond acceptors (Lipinski definition) is 5. The highest BCUT2D eigenvalue weighted by atomic mass is 16.6. The number of aliphatic hydroxyl groups is 1. The molecule has 0 saturated carbocycles. The van der Waals surface area contributed by atoms with Crippen LogP contribution in [0, 0.1) is 16.0 Å². The second-order valence-corrected chi connectivity index (χ2v) is 5.32. The lowest BCUT2D eigenvalue weighted by molar-refractivity contribution is -0.384. The van der Waals surface area contributed by atoms with Crippen LogP contribution < -0.4 is 5.32 Å². The third-order valence-corrected chi connectivity index (χ3v) is 3.86. The molecule has 21 heavy (non-hydrogen) atoms. The summed E-state index contributed by atoms with van der Waals surface area (Å²) in [5.41, 5.74) is 0.553. The minimum Gasteiger partial charge on any atom is -0.393 e. The molecule has 0 aliphatic carbocycles. The van der Waals surface area contributed by atoms with E-state index in [-0.39, 0.29) is 17.5 Å². The van der Waals surface area contributed by atoms with Crippen LogP contribution in [0.15, 0.2) is 18.2 Å². The number of benzene rings is 1. The fraction of sp³-hybridized carbons (Fsp3) is 0.500. The van der Waals surface area contributed by atoms with Gasteiger partial charge < -0.3 is 15.3 Å². The van der Waals surface area contributed by atoms with Crippen molar-refractivity contribution in [1.29, 1.82) is 0 Å².